The van der Waals surface area contributed by atoms with E-state index in [-0.39, 0.29) is 0 Å². The van der Waals surface area contributed by atoms with Crippen LogP contribution in [0.25, 0.3) is 0 Å². The lowest BCUT2D eigenvalue weighted by molar-refractivity contribution is 0.301. The maximum absolute atomic E-state index is 5.86. The van der Waals surface area contributed by atoms with Gasteiger partial charge in [-0.15, -0.1) is 0 Å². The van der Waals surface area contributed by atoms with Crippen LogP contribution in [0.3, 0.4) is 0 Å². The molecule has 0 bridgehead atoms. The summed E-state index contributed by atoms with van der Waals surface area (Å²) in [7, 11) is 0. The van der Waals surface area contributed by atoms with Crippen molar-refractivity contribution in [1.82, 2.24) is 4.98 Å². The lowest BCUT2D eigenvalue weighted by atomic mass is 10.1. The van der Waals surface area contributed by atoms with Crippen molar-refractivity contribution in [2.75, 3.05) is 11.9 Å². The Morgan fingerprint density at radius 2 is 1.90 bits per heavy atom. The van der Waals surface area contributed by atoms with Crippen LogP contribution in [0.2, 0.25) is 0 Å². The Hall–Kier alpha value is -1.55. The van der Waals surface area contributed by atoms with Crippen molar-refractivity contribution in [3.05, 3.63) is 51.6 Å². The second-order valence-corrected chi connectivity index (χ2v) is 5.89. The van der Waals surface area contributed by atoms with E-state index in [1.807, 2.05) is 30.3 Å². The van der Waals surface area contributed by atoms with Gasteiger partial charge in [-0.1, -0.05) is 28.9 Å². The van der Waals surface area contributed by atoms with Gasteiger partial charge >= 0.3 is 0 Å². The fraction of sp³-hybridized carbons (Fsp3) is 0.353. The van der Waals surface area contributed by atoms with Crippen LogP contribution in [-0.2, 0) is 6.61 Å². The van der Waals surface area contributed by atoms with Crippen LogP contribution in [0.4, 0.5) is 5.82 Å². The van der Waals surface area contributed by atoms with E-state index in [2.05, 4.69) is 47.0 Å². The smallest absolute Gasteiger partial charge is 0.130 e. The summed E-state index contributed by atoms with van der Waals surface area (Å²) in [5.41, 5.74) is 3.28. The fourth-order valence-corrected chi connectivity index (χ4v) is 2.29. The van der Waals surface area contributed by atoms with E-state index in [1.165, 1.54) is 11.1 Å². The number of rotatable bonds is 6. The van der Waals surface area contributed by atoms with Gasteiger partial charge in [0, 0.05) is 11.0 Å². The van der Waals surface area contributed by atoms with E-state index in [0.717, 1.165) is 34.7 Å². The molecule has 0 spiro atoms. The van der Waals surface area contributed by atoms with Gasteiger partial charge in [0.15, 0.2) is 0 Å². The predicted molar refractivity (Wildman–Crippen MR) is 91.0 cm³/mol. The molecule has 0 saturated heterocycles. The number of ether oxygens (including phenoxy) is 1. The largest absolute Gasteiger partial charge is 0.487 e. The standard InChI is InChI=1S/C17H21BrN2O/c1-4-8-19-16-7-5-6-14(20-16)11-21-15-9-12(2)17(18)13(3)10-15/h5-7,9-10H,4,8,11H2,1-3H3,(H,19,20). The summed E-state index contributed by atoms with van der Waals surface area (Å²) in [5.74, 6) is 1.78. The number of nitrogens with one attached hydrogen (secondary N) is 1. The number of pyridine rings is 1. The molecule has 112 valence electrons. The Morgan fingerprint density at radius 3 is 2.57 bits per heavy atom. The Bertz CT molecular complexity index is 590. The van der Waals surface area contributed by atoms with E-state index in [0.29, 0.717) is 6.61 Å². The minimum Gasteiger partial charge on any atom is -0.487 e. The first-order valence-corrected chi connectivity index (χ1v) is 7.98. The van der Waals surface area contributed by atoms with Crippen molar-refractivity contribution in [3.8, 4) is 5.75 Å². The van der Waals surface area contributed by atoms with Crippen LogP contribution in [0.1, 0.15) is 30.2 Å². The molecule has 0 fully saturated rings. The average Bonchev–Trinajstić information content (AvgIpc) is 2.49. The van der Waals surface area contributed by atoms with Crippen molar-refractivity contribution in [2.24, 2.45) is 0 Å². The molecule has 1 heterocycles. The molecule has 0 aliphatic heterocycles. The van der Waals surface area contributed by atoms with E-state index >= 15 is 0 Å². The highest BCUT2D eigenvalue weighted by Crippen LogP contribution is 2.26. The van der Waals surface area contributed by atoms with Crippen molar-refractivity contribution < 1.29 is 4.74 Å². The summed E-state index contributed by atoms with van der Waals surface area (Å²) in [6, 6.07) is 10.0. The van der Waals surface area contributed by atoms with Crippen molar-refractivity contribution in [3.63, 3.8) is 0 Å². The second-order valence-electron chi connectivity index (χ2n) is 5.10. The third kappa shape index (κ3) is 4.46. The molecule has 0 atom stereocenters. The molecule has 0 saturated carbocycles. The van der Waals surface area contributed by atoms with Crippen LogP contribution in [0.5, 0.6) is 5.75 Å². The quantitative estimate of drug-likeness (QED) is 0.809. The highest BCUT2D eigenvalue weighted by Gasteiger charge is 2.04. The first-order chi connectivity index (χ1) is 10.1. The van der Waals surface area contributed by atoms with E-state index in [1.54, 1.807) is 0 Å². The number of hydrogen-bond donors (Lipinski definition) is 1. The monoisotopic (exact) mass is 348 g/mol. The average molecular weight is 349 g/mol. The summed E-state index contributed by atoms with van der Waals surface area (Å²) in [6.45, 7) is 7.68. The normalized spacial score (nSPS) is 10.5. The number of aryl methyl sites for hydroxylation is 2. The zero-order valence-corrected chi connectivity index (χ0v) is 14.3. The van der Waals surface area contributed by atoms with E-state index < -0.39 is 0 Å². The molecule has 2 rings (SSSR count). The summed E-state index contributed by atoms with van der Waals surface area (Å²) in [4.78, 5) is 4.54. The minimum absolute atomic E-state index is 0.474. The van der Waals surface area contributed by atoms with Crippen LogP contribution in [-0.4, -0.2) is 11.5 Å². The topological polar surface area (TPSA) is 34.1 Å². The Morgan fingerprint density at radius 1 is 1.19 bits per heavy atom. The second kappa shape index (κ2) is 7.46. The third-order valence-electron chi connectivity index (χ3n) is 3.16. The minimum atomic E-state index is 0.474. The summed E-state index contributed by atoms with van der Waals surface area (Å²) < 4.78 is 6.99. The molecular formula is C17H21BrN2O. The molecule has 1 aromatic heterocycles. The van der Waals surface area contributed by atoms with Gasteiger partial charge in [-0.2, -0.15) is 0 Å². The number of nitrogens with zero attached hydrogens (tertiary/aromatic N) is 1. The van der Waals surface area contributed by atoms with E-state index in [4.69, 9.17) is 4.74 Å². The van der Waals surface area contributed by atoms with Crippen LogP contribution >= 0.6 is 15.9 Å². The lowest BCUT2D eigenvalue weighted by Gasteiger charge is -2.11. The maximum atomic E-state index is 5.86. The van der Waals surface area contributed by atoms with Crippen LogP contribution < -0.4 is 10.1 Å². The SMILES string of the molecule is CCCNc1cccc(COc2cc(C)c(Br)c(C)c2)n1. The highest BCUT2D eigenvalue weighted by atomic mass is 79.9. The summed E-state index contributed by atoms with van der Waals surface area (Å²) >= 11 is 3.57. The molecule has 0 aliphatic rings. The number of benzene rings is 1. The molecule has 0 radical (unpaired) electrons. The zero-order chi connectivity index (χ0) is 15.2. The van der Waals surface area contributed by atoms with Crippen molar-refractivity contribution in [2.45, 2.75) is 33.8 Å². The van der Waals surface area contributed by atoms with Gasteiger partial charge in [0.25, 0.3) is 0 Å². The van der Waals surface area contributed by atoms with Gasteiger partial charge in [-0.05, 0) is 55.7 Å². The molecular weight excluding hydrogens is 328 g/mol. The predicted octanol–water partition coefficient (Wildman–Crippen LogP) is 4.86. The number of hydrogen-bond acceptors (Lipinski definition) is 3. The first kappa shape index (κ1) is 15.8. The third-order valence-corrected chi connectivity index (χ3v) is 4.41. The molecule has 0 amide bonds. The molecule has 0 unspecified atom stereocenters. The zero-order valence-electron chi connectivity index (χ0n) is 12.7. The van der Waals surface area contributed by atoms with Gasteiger partial charge < -0.3 is 10.1 Å². The number of aromatic nitrogens is 1. The Labute approximate surface area is 134 Å². The Balaban J connectivity index is 2.03. The highest BCUT2D eigenvalue weighted by molar-refractivity contribution is 9.10. The lowest BCUT2D eigenvalue weighted by Crippen LogP contribution is -2.05. The molecule has 21 heavy (non-hydrogen) atoms. The maximum Gasteiger partial charge on any atom is 0.130 e. The molecule has 0 aliphatic carbocycles. The molecule has 2 aromatic rings. The van der Waals surface area contributed by atoms with Gasteiger partial charge in [0.1, 0.15) is 18.2 Å². The van der Waals surface area contributed by atoms with Crippen LogP contribution in [0, 0.1) is 13.8 Å². The molecule has 1 N–H and O–H groups in total. The van der Waals surface area contributed by atoms with Crippen molar-refractivity contribution >= 4 is 21.7 Å². The van der Waals surface area contributed by atoms with E-state index in [9.17, 15) is 0 Å². The van der Waals surface area contributed by atoms with Crippen molar-refractivity contribution in [1.29, 1.82) is 0 Å². The summed E-state index contributed by atoms with van der Waals surface area (Å²) in [5, 5.41) is 3.29. The first-order valence-electron chi connectivity index (χ1n) is 7.19. The number of anilines is 1. The molecule has 1 aromatic carbocycles. The summed E-state index contributed by atoms with van der Waals surface area (Å²) in [6.07, 6.45) is 1.08. The van der Waals surface area contributed by atoms with Gasteiger partial charge in [0.2, 0.25) is 0 Å². The molecule has 3 nitrogen and oxygen atoms in total. The fourth-order valence-electron chi connectivity index (χ4n) is 2.06. The van der Waals surface area contributed by atoms with Gasteiger partial charge in [0.05, 0.1) is 5.69 Å². The van der Waals surface area contributed by atoms with Gasteiger partial charge in [-0.25, -0.2) is 4.98 Å². The molecule has 4 heteroatoms. The number of halogens is 1. The Kier molecular flexibility index (Phi) is 5.62. The van der Waals surface area contributed by atoms with Crippen LogP contribution in [0.15, 0.2) is 34.8 Å². The van der Waals surface area contributed by atoms with Gasteiger partial charge in [-0.3, -0.25) is 0 Å².